The summed E-state index contributed by atoms with van der Waals surface area (Å²) in [6.45, 7) is 1.71. The summed E-state index contributed by atoms with van der Waals surface area (Å²) < 4.78 is 43.4. The molecule has 0 unspecified atom stereocenters. The lowest BCUT2D eigenvalue weighted by atomic mass is 10.2. The molecule has 0 fully saturated rings. The molecule has 1 aromatic carbocycles. The SMILES string of the molecule is COc1ccc2c(S(=O)(=O)Nc3nc(OC)c(C)c(OC)n3)c[nH]c2c1. The number of nitrogens with zero attached hydrogens (tertiary/aromatic N) is 2. The van der Waals surface area contributed by atoms with Gasteiger partial charge in [0.15, 0.2) is 0 Å². The van der Waals surface area contributed by atoms with E-state index in [4.69, 9.17) is 14.2 Å². The van der Waals surface area contributed by atoms with Gasteiger partial charge in [-0.25, -0.2) is 13.1 Å². The Bertz CT molecular complexity index is 1040. The number of rotatable bonds is 6. The van der Waals surface area contributed by atoms with Gasteiger partial charge in [-0.3, -0.25) is 0 Å². The summed E-state index contributed by atoms with van der Waals surface area (Å²) in [5.74, 6) is 0.913. The molecule has 0 atom stereocenters. The monoisotopic (exact) mass is 378 g/mol. The first-order valence-corrected chi connectivity index (χ1v) is 9.02. The summed E-state index contributed by atoms with van der Waals surface area (Å²) in [4.78, 5) is 11.1. The number of anilines is 1. The average molecular weight is 378 g/mol. The molecule has 10 heteroatoms. The number of nitrogens with one attached hydrogen (secondary N) is 2. The fourth-order valence-corrected chi connectivity index (χ4v) is 3.65. The smallest absolute Gasteiger partial charge is 0.266 e. The van der Waals surface area contributed by atoms with Gasteiger partial charge >= 0.3 is 0 Å². The first-order valence-electron chi connectivity index (χ1n) is 7.54. The van der Waals surface area contributed by atoms with Crippen molar-refractivity contribution < 1.29 is 22.6 Å². The van der Waals surface area contributed by atoms with Crippen LogP contribution in [0.25, 0.3) is 10.9 Å². The Kier molecular flexibility index (Phi) is 4.60. The van der Waals surface area contributed by atoms with Crippen molar-refractivity contribution in [2.75, 3.05) is 26.1 Å². The van der Waals surface area contributed by atoms with E-state index >= 15 is 0 Å². The largest absolute Gasteiger partial charge is 0.497 e. The summed E-state index contributed by atoms with van der Waals surface area (Å²) in [7, 11) is 0.465. The number of hydrogen-bond acceptors (Lipinski definition) is 7. The number of aromatic nitrogens is 3. The lowest BCUT2D eigenvalue weighted by Gasteiger charge is -2.11. The molecule has 138 valence electrons. The zero-order chi connectivity index (χ0) is 18.9. The lowest BCUT2D eigenvalue weighted by molar-refractivity contribution is 0.367. The summed E-state index contributed by atoms with van der Waals surface area (Å²) >= 11 is 0. The molecular weight excluding hydrogens is 360 g/mol. The minimum absolute atomic E-state index is 0.0669. The van der Waals surface area contributed by atoms with Crippen molar-refractivity contribution in [3.63, 3.8) is 0 Å². The van der Waals surface area contributed by atoms with E-state index in [1.54, 1.807) is 32.2 Å². The molecule has 0 aliphatic rings. The van der Waals surface area contributed by atoms with Gasteiger partial charge in [0.25, 0.3) is 10.0 Å². The molecule has 0 aliphatic carbocycles. The van der Waals surface area contributed by atoms with Crippen LogP contribution in [-0.2, 0) is 10.0 Å². The Morgan fingerprint density at radius 3 is 2.27 bits per heavy atom. The Morgan fingerprint density at radius 2 is 1.69 bits per heavy atom. The van der Waals surface area contributed by atoms with Crippen LogP contribution in [0.4, 0.5) is 5.95 Å². The third-order valence-electron chi connectivity index (χ3n) is 3.81. The number of sulfonamides is 1. The lowest BCUT2D eigenvalue weighted by Crippen LogP contribution is -2.15. The van der Waals surface area contributed by atoms with E-state index in [-0.39, 0.29) is 22.6 Å². The number of ether oxygens (including phenoxy) is 3. The van der Waals surface area contributed by atoms with Gasteiger partial charge in [0.1, 0.15) is 10.6 Å². The van der Waals surface area contributed by atoms with Gasteiger partial charge in [0, 0.05) is 17.6 Å². The fraction of sp³-hybridized carbons (Fsp3) is 0.250. The van der Waals surface area contributed by atoms with Gasteiger partial charge < -0.3 is 19.2 Å². The molecule has 0 aliphatic heterocycles. The molecule has 2 N–H and O–H groups in total. The number of aromatic amines is 1. The summed E-state index contributed by atoms with van der Waals surface area (Å²) in [5, 5.41) is 0.518. The van der Waals surface area contributed by atoms with E-state index in [1.165, 1.54) is 20.4 Å². The second kappa shape index (κ2) is 6.71. The first kappa shape index (κ1) is 17.8. The summed E-state index contributed by atoms with van der Waals surface area (Å²) in [6.07, 6.45) is 1.40. The first-order chi connectivity index (χ1) is 12.4. The van der Waals surface area contributed by atoms with Crippen LogP contribution in [0, 0.1) is 6.92 Å². The van der Waals surface area contributed by atoms with Gasteiger partial charge in [-0.05, 0) is 19.1 Å². The van der Waals surface area contributed by atoms with E-state index < -0.39 is 10.0 Å². The van der Waals surface area contributed by atoms with Crippen LogP contribution in [0.15, 0.2) is 29.3 Å². The molecule has 3 aromatic rings. The van der Waals surface area contributed by atoms with Crippen molar-refractivity contribution in [2.45, 2.75) is 11.8 Å². The quantitative estimate of drug-likeness (QED) is 0.675. The molecular formula is C16H18N4O5S. The predicted molar refractivity (Wildman–Crippen MR) is 95.5 cm³/mol. The van der Waals surface area contributed by atoms with Crippen molar-refractivity contribution in [1.82, 2.24) is 15.0 Å². The maximum Gasteiger partial charge on any atom is 0.266 e. The zero-order valence-corrected chi connectivity index (χ0v) is 15.5. The van der Waals surface area contributed by atoms with Gasteiger partial charge in [-0.2, -0.15) is 9.97 Å². The normalized spacial score (nSPS) is 11.4. The highest BCUT2D eigenvalue weighted by atomic mass is 32.2. The maximum atomic E-state index is 12.8. The number of H-pyrrole nitrogens is 1. The molecule has 0 bridgehead atoms. The second-order valence-electron chi connectivity index (χ2n) is 5.36. The van der Waals surface area contributed by atoms with Gasteiger partial charge in [-0.1, -0.05) is 0 Å². The molecule has 2 aromatic heterocycles. The van der Waals surface area contributed by atoms with E-state index in [2.05, 4.69) is 19.7 Å². The average Bonchev–Trinajstić information content (AvgIpc) is 3.06. The highest BCUT2D eigenvalue weighted by molar-refractivity contribution is 7.93. The zero-order valence-electron chi connectivity index (χ0n) is 14.7. The van der Waals surface area contributed by atoms with Crippen molar-refractivity contribution in [3.8, 4) is 17.5 Å². The van der Waals surface area contributed by atoms with Crippen LogP contribution in [0.3, 0.4) is 0 Å². The van der Waals surface area contributed by atoms with Gasteiger partial charge in [0.2, 0.25) is 17.7 Å². The van der Waals surface area contributed by atoms with E-state index in [1.807, 2.05) is 0 Å². The van der Waals surface area contributed by atoms with Crippen molar-refractivity contribution >= 4 is 26.9 Å². The Labute approximate surface area is 150 Å². The Balaban J connectivity index is 2.02. The number of fused-ring (bicyclic) bond motifs is 1. The van der Waals surface area contributed by atoms with Crippen molar-refractivity contribution in [1.29, 1.82) is 0 Å². The Morgan fingerprint density at radius 1 is 1.04 bits per heavy atom. The molecule has 9 nitrogen and oxygen atoms in total. The number of benzene rings is 1. The number of methoxy groups -OCH3 is 3. The standard InChI is InChI=1S/C16H18N4O5S/c1-9-14(24-3)18-16(19-15(9)25-4)20-26(21,22)13-8-17-12-7-10(23-2)5-6-11(12)13/h5-8,17H,1-4H3,(H,18,19,20). The van der Waals surface area contributed by atoms with E-state index in [0.717, 1.165) is 0 Å². The molecule has 0 saturated carbocycles. The van der Waals surface area contributed by atoms with Gasteiger partial charge in [-0.15, -0.1) is 0 Å². The van der Waals surface area contributed by atoms with Crippen LogP contribution in [0.1, 0.15) is 5.56 Å². The fourth-order valence-electron chi connectivity index (χ4n) is 2.52. The van der Waals surface area contributed by atoms with E-state index in [0.29, 0.717) is 22.2 Å². The van der Waals surface area contributed by atoms with Crippen LogP contribution in [0.5, 0.6) is 17.5 Å². The van der Waals surface area contributed by atoms with Crippen LogP contribution in [0.2, 0.25) is 0 Å². The van der Waals surface area contributed by atoms with Crippen molar-refractivity contribution in [3.05, 3.63) is 30.0 Å². The van der Waals surface area contributed by atoms with Gasteiger partial charge in [0.05, 0.1) is 32.4 Å². The maximum absolute atomic E-state index is 12.8. The molecule has 26 heavy (non-hydrogen) atoms. The summed E-state index contributed by atoms with van der Waals surface area (Å²) in [6, 6.07) is 5.06. The molecule has 0 radical (unpaired) electrons. The van der Waals surface area contributed by atoms with Crippen molar-refractivity contribution in [2.24, 2.45) is 0 Å². The molecule has 0 spiro atoms. The minimum Gasteiger partial charge on any atom is -0.497 e. The van der Waals surface area contributed by atoms with E-state index in [9.17, 15) is 8.42 Å². The predicted octanol–water partition coefficient (Wildman–Crippen LogP) is 2.09. The third-order valence-corrected chi connectivity index (χ3v) is 5.18. The third kappa shape index (κ3) is 3.10. The molecule has 0 amide bonds. The highest BCUT2D eigenvalue weighted by Crippen LogP contribution is 2.29. The highest BCUT2D eigenvalue weighted by Gasteiger charge is 2.22. The van der Waals surface area contributed by atoms with Crippen LogP contribution in [-0.4, -0.2) is 44.7 Å². The molecule has 0 saturated heterocycles. The minimum atomic E-state index is -3.94. The molecule has 2 heterocycles. The Hall–Kier alpha value is -3.01. The van der Waals surface area contributed by atoms with Crippen LogP contribution < -0.4 is 18.9 Å². The topological polar surface area (TPSA) is 115 Å². The summed E-state index contributed by atoms with van der Waals surface area (Å²) in [5.41, 5.74) is 1.20. The second-order valence-corrected chi connectivity index (χ2v) is 7.01. The number of hydrogen-bond donors (Lipinski definition) is 2. The van der Waals surface area contributed by atoms with Crippen LogP contribution >= 0.6 is 0 Å². The molecule has 3 rings (SSSR count).